The number of anilines is 1. The first-order chi connectivity index (χ1) is 10.5. The Labute approximate surface area is 129 Å². The maximum Gasteiger partial charge on any atom is 0.246 e. The molecule has 122 valence electrons. The minimum atomic E-state index is -1.02. The van der Waals surface area contributed by atoms with Crippen molar-refractivity contribution in [3.63, 3.8) is 0 Å². The van der Waals surface area contributed by atoms with E-state index in [9.17, 15) is 14.3 Å². The second-order valence-electron chi connectivity index (χ2n) is 5.50. The fraction of sp³-hybridized carbons (Fsp3) is 0.600. The highest BCUT2D eigenvalue weighted by molar-refractivity contribution is 5.77. The lowest BCUT2D eigenvalue weighted by Crippen LogP contribution is -2.55. The quantitative estimate of drug-likeness (QED) is 0.809. The Bertz CT molecular complexity index is 497. The van der Waals surface area contributed by atoms with Gasteiger partial charge in [-0.25, -0.2) is 9.37 Å². The third kappa shape index (κ3) is 4.64. The molecule has 22 heavy (non-hydrogen) atoms. The van der Waals surface area contributed by atoms with Crippen molar-refractivity contribution < 1.29 is 19.0 Å². The van der Waals surface area contributed by atoms with Gasteiger partial charge in [0.05, 0.1) is 11.8 Å². The number of carbonyl (C=O) groups is 1. The number of pyridine rings is 1. The van der Waals surface area contributed by atoms with Crippen LogP contribution in [0.15, 0.2) is 18.3 Å². The first kappa shape index (κ1) is 16.6. The lowest BCUT2D eigenvalue weighted by molar-refractivity contribution is -0.126. The Morgan fingerprint density at radius 2 is 2.41 bits per heavy atom. The summed E-state index contributed by atoms with van der Waals surface area (Å²) in [6.45, 7) is 3.54. The van der Waals surface area contributed by atoms with E-state index < -0.39 is 5.60 Å². The average molecular weight is 311 g/mol. The van der Waals surface area contributed by atoms with Gasteiger partial charge in [-0.2, -0.15) is 0 Å². The number of β-amino-alcohol motifs (C(OH)–C–C–N with tert-alkyl or cyclic N) is 1. The van der Waals surface area contributed by atoms with Crippen LogP contribution in [0.4, 0.5) is 10.2 Å². The summed E-state index contributed by atoms with van der Waals surface area (Å²) in [5.41, 5.74) is -1.02. The monoisotopic (exact) mass is 311 g/mol. The molecule has 6 nitrogen and oxygen atoms in total. The van der Waals surface area contributed by atoms with Gasteiger partial charge in [0.1, 0.15) is 18.2 Å². The van der Waals surface area contributed by atoms with Gasteiger partial charge >= 0.3 is 0 Å². The SMILES string of the molecule is CCOCC(=O)NCC1(O)CCCN(c2ccc(F)cn2)C1. The number of piperidine rings is 1. The average Bonchev–Trinajstić information content (AvgIpc) is 2.52. The molecule has 1 aliphatic rings. The summed E-state index contributed by atoms with van der Waals surface area (Å²) >= 11 is 0. The molecule has 7 heteroatoms. The molecule has 1 amide bonds. The first-order valence-corrected chi connectivity index (χ1v) is 7.46. The van der Waals surface area contributed by atoms with Crippen molar-refractivity contribution in [3.05, 3.63) is 24.1 Å². The number of aliphatic hydroxyl groups is 1. The molecular formula is C15H22FN3O3. The van der Waals surface area contributed by atoms with Crippen molar-refractivity contribution in [2.45, 2.75) is 25.4 Å². The maximum atomic E-state index is 12.9. The van der Waals surface area contributed by atoms with Crippen LogP contribution in [0, 0.1) is 5.82 Å². The largest absolute Gasteiger partial charge is 0.386 e. The van der Waals surface area contributed by atoms with Crippen LogP contribution in [0.5, 0.6) is 0 Å². The van der Waals surface area contributed by atoms with Crippen molar-refractivity contribution in [1.82, 2.24) is 10.3 Å². The van der Waals surface area contributed by atoms with Gasteiger partial charge in [-0.05, 0) is 31.9 Å². The molecule has 0 aromatic carbocycles. The predicted molar refractivity (Wildman–Crippen MR) is 80.1 cm³/mol. The number of hydrogen-bond donors (Lipinski definition) is 2. The molecule has 1 saturated heterocycles. The number of nitrogens with zero attached hydrogens (tertiary/aromatic N) is 2. The first-order valence-electron chi connectivity index (χ1n) is 7.46. The van der Waals surface area contributed by atoms with Crippen LogP contribution in [0.1, 0.15) is 19.8 Å². The van der Waals surface area contributed by atoms with E-state index in [0.29, 0.717) is 25.4 Å². The van der Waals surface area contributed by atoms with Gasteiger partial charge in [0.15, 0.2) is 0 Å². The Morgan fingerprint density at radius 3 is 3.09 bits per heavy atom. The van der Waals surface area contributed by atoms with Crippen molar-refractivity contribution in [1.29, 1.82) is 0 Å². The normalized spacial score (nSPS) is 21.7. The summed E-state index contributed by atoms with van der Waals surface area (Å²) in [7, 11) is 0. The number of carbonyl (C=O) groups excluding carboxylic acids is 1. The topological polar surface area (TPSA) is 74.7 Å². The molecule has 1 unspecified atom stereocenters. The molecule has 1 fully saturated rings. The van der Waals surface area contributed by atoms with Crippen molar-refractivity contribution in [2.75, 3.05) is 37.7 Å². The van der Waals surface area contributed by atoms with Gasteiger partial charge in [-0.3, -0.25) is 4.79 Å². The standard InChI is InChI=1S/C15H22FN3O3/c1-2-22-9-14(20)18-10-15(21)6-3-7-19(11-15)13-5-4-12(16)8-17-13/h4-5,8,21H,2-3,6-7,9-11H2,1H3,(H,18,20). The molecule has 2 heterocycles. The second-order valence-corrected chi connectivity index (χ2v) is 5.50. The smallest absolute Gasteiger partial charge is 0.246 e. The maximum absolute atomic E-state index is 12.9. The minimum absolute atomic E-state index is 0.00415. The number of hydrogen-bond acceptors (Lipinski definition) is 5. The highest BCUT2D eigenvalue weighted by Crippen LogP contribution is 2.24. The highest BCUT2D eigenvalue weighted by Gasteiger charge is 2.34. The summed E-state index contributed by atoms with van der Waals surface area (Å²) in [5, 5.41) is 13.3. The van der Waals surface area contributed by atoms with Gasteiger partial charge in [-0.1, -0.05) is 0 Å². The van der Waals surface area contributed by atoms with E-state index in [1.54, 1.807) is 6.07 Å². The molecule has 1 aromatic rings. The van der Waals surface area contributed by atoms with Crippen LogP contribution in [-0.4, -0.2) is 54.4 Å². The van der Waals surface area contributed by atoms with Crippen LogP contribution in [-0.2, 0) is 9.53 Å². The van der Waals surface area contributed by atoms with E-state index in [-0.39, 0.29) is 24.9 Å². The number of nitrogens with one attached hydrogen (secondary N) is 1. The summed E-state index contributed by atoms with van der Waals surface area (Å²) in [5.74, 6) is -0.00770. The predicted octanol–water partition coefficient (Wildman–Crippen LogP) is 0.705. The van der Waals surface area contributed by atoms with E-state index in [0.717, 1.165) is 19.2 Å². The van der Waals surface area contributed by atoms with Crippen LogP contribution in [0.3, 0.4) is 0 Å². The van der Waals surface area contributed by atoms with Crippen molar-refractivity contribution in [2.24, 2.45) is 0 Å². The van der Waals surface area contributed by atoms with E-state index in [1.165, 1.54) is 6.07 Å². The minimum Gasteiger partial charge on any atom is -0.386 e. The molecule has 1 aliphatic heterocycles. The highest BCUT2D eigenvalue weighted by atomic mass is 19.1. The van der Waals surface area contributed by atoms with Gasteiger partial charge in [0.25, 0.3) is 0 Å². The van der Waals surface area contributed by atoms with Gasteiger partial charge in [0, 0.05) is 26.2 Å². The van der Waals surface area contributed by atoms with Crippen LogP contribution < -0.4 is 10.2 Å². The van der Waals surface area contributed by atoms with Gasteiger partial charge < -0.3 is 20.1 Å². The van der Waals surface area contributed by atoms with Crippen molar-refractivity contribution in [3.8, 4) is 0 Å². The lowest BCUT2D eigenvalue weighted by Gasteiger charge is -2.39. The van der Waals surface area contributed by atoms with Crippen LogP contribution in [0.2, 0.25) is 0 Å². The molecule has 2 N–H and O–H groups in total. The number of halogens is 1. The number of ether oxygens (including phenoxy) is 1. The zero-order valence-corrected chi connectivity index (χ0v) is 12.7. The Kier molecular flexibility index (Phi) is 5.68. The molecule has 0 bridgehead atoms. The fourth-order valence-corrected chi connectivity index (χ4v) is 2.52. The third-order valence-corrected chi connectivity index (χ3v) is 3.64. The second kappa shape index (κ2) is 7.51. The number of aromatic nitrogens is 1. The molecule has 0 saturated carbocycles. The molecular weight excluding hydrogens is 289 g/mol. The third-order valence-electron chi connectivity index (χ3n) is 3.64. The van der Waals surface area contributed by atoms with E-state index in [4.69, 9.17) is 4.74 Å². The van der Waals surface area contributed by atoms with Crippen LogP contribution >= 0.6 is 0 Å². The Hall–Kier alpha value is -1.73. The van der Waals surface area contributed by atoms with E-state index in [2.05, 4.69) is 10.3 Å². The van der Waals surface area contributed by atoms with Crippen LogP contribution in [0.25, 0.3) is 0 Å². The molecule has 0 aliphatic carbocycles. The molecule has 2 rings (SSSR count). The summed E-state index contributed by atoms with van der Waals surface area (Å²) in [4.78, 5) is 17.5. The van der Waals surface area contributed by atoms with E-state index in [1.807, 2.05) is 11.8 Å². The molecule has 1 atom stereocenters. The lowest BCUT2D eigenvalue weighted by atomic mass is 9.92. The Morgan fingerprint density at radius 1 is 1.59 bits per heavy atom. The summed E-state index contributed by atoms with van der Waals surface area (Å²) in [6.07, 6.45) is 2.53. The van der Waals surface area contributed by atoms with Gasteiger partial charge in [-0.15, -0.1) is 0 Å². The fourth-order valence-electron chi connectivity index (χ4n) is 2.52. The summed E-state index contributed by atoms with van der Waals surface area (Å²) < 4.78 is 17.9. The Balaban J connectivity index is 1.91. The van der Waals surface area contributed by atoms with E-state index >= 15 is 0 Å². The van der Waals surface area contributed by atoms with Crippen molar-refractivity contribution >= 4 is 11.7 Å². The van der Waals surface area contributed by atoms with Gasteiger partial charge in [0.2, 0.25) is 5.91 Å². The molecule has 0 spiro atoms. The number of rotatable bonds is 6. The zero-order valence-electron chi connectivity index (χ0n) is 12.7. The molecule has 1 aromatic heterocycles. The summed E-state index contributed by atoms with van der Waals surface area (Å²) in [6, 6.07) is 2.94. The number of amides is 1. The zero-order chi connectivity index (χ0) is 16.0. The molecule has 0 radical (unpaired) electrons.